The van der Waals surface area contributed by atoms with Gasteiger partial charge in [0.05, 0.1) is 0 Å². The van der Waals surface area contributed by atoms with E-state index in [1.807, 2.05) is 0 Å². The van der Waals surface area contributed by atoms with E-state index < -0.39 is 23.2 Å². The Bertz CT molecular complexity index is 274. The number of halogens is 3. The lowest BCUT2D eigenvalue weighted by atomic mass is 10.1. The number of nitrogens with one attached hydrogen (secondary N) is 1. The van der Waals surface area contributed by atoms with Gasteiger partial charge < -0.3 is 10.1 Å². The molecule has 0 radical (unpaired) electrons. The molecule has 0 aliphatic heterocycles. The van der Waals surface area contributed by atoms with Crippen LogP contribution in [0.1, 0.15) is 34.6 Å². The molecule has 0 saturated heterocycles. The van der Waals surface area contributed by atoms with Gasteiger partial charge in [0.2, 0.25) is 0 Å². The minimum absolute atomic E-state index is 0.104. The number of alkyl carbamates (subject to hydrolysis) is 1. The second kappa shape index (κ2) is 6.54. The van der Waals surface area contributed by atoms with Gasteiger partial charge in [0, 0.05) is 11.8 Å². The minimum Gasteiger partial charge on any atom is -0.444 e. The monoisotopic (exact) mass is 287 g/mol. The van der Waals surface area contributed by atoms with E-state index in [1.54, 1.807) is 34.6 Å². The molecule has 0 heterocycles. The molecule has 0 rings (SSSR count). The van der Waals surface area contributed by atoms with Crippen LogP contribution in [0, 0.1) is 5.92 Å². The van der Waals surface area contributed by atoms with Gasteiger partial charge in [-0.1, -0.05) is 13.8 Å². The van der Waals surface area contributed by atoms with Crippen molar-refractivity contribution < 1.29 is 22.7 Å². The van der Waals surface area contributed by atoms with Gasteiger partial charge in [0.25, 0.3) is 0 Å². The van der Waals surface area contributed by atoms with Crippen LogP contribution in [0.25, 0.3) is 0 Å². The predicted octanol–water partition coefficient (Wildman–Crippen LogP) is 3.79. The summed E-state index contributed by atoms with van der Waals surface area (Å²) in [4.78, 5) is 11.5. The molecule has 7 heteroatoms. The molecule has 1 N–H and O–H groups in total. The van der Waals surface area contributed by atoms with Gasteiger partial charge in [-0.25, -0.2) is 4.79 Å². The number of carbonyl (C=O) groups is 1. The summed E-state index contributed by atoms with van der Waals surface area (Å²) in [5, 5.41) is 2.46. The first-order chi connectivity index (χ1) is 7.91. The summed E-state index contributed by atoms with van der Waals surface area (Å²) < 4.78 is 41.3. The molecule has 0 aromatic rings. The highest BCUT2D eigenvalue weighted by atomic mass is 32.2. The lowest BCUT2D eigenvalue weighted by Crippen LogP contribution is -2.43. The highest BCUT2D eigenvalue weighted by Gasteiger charge is 2.31. The third-order valence-corrected chi connectivity index (χ3v) is 2.79. The SMILES string of the molecule is CC(C)C(CSC(F)(F)F)NC(=O)OC(C)(C)C. The average molecular weight is 287 g/mol. The number of carbonyl (C=O) groups excluding carboxylic acids is 1. The van der Waals surface area contributed by atoms with Gasteiger partial charge in [-0.2, -0.15) is 13.2 Å². The first-order valence-corrected chi connectivity index (χ1v) is 6.59. The molecule has 0 spiro atoms. The van der Waals surface area contributed by atoms with Crippen molar-refractivity contribution in [2.75, 3.05) is 5.75 Å². The molecule has 108 valence electrons. The second-order valence-electron chi connectivity index (χ2n) is 5.25. The van der Waals surface area contributed by atoms with Crippen molar-refractivity contribution in [3.8, 4) is 0 Å². The van der Waals surface area contributed by atoms with Crippen molar-refractivity contribution in [2.45, 2.75) is 51.8 Å². The van der Waals surface area contributed by atoms with Gasteiger partial charge in [0.15, 0.2) is 0 Å². The number of rotatable bonds is 4. The first kappa shape index (κ1) is 17.4. The number of alkyl halides is 3. The minimum atomic E-state index is -4.29. The van der Waals surface area contributed by atoms with Crippen molar-refractivity contribution >= 4 is 17.9 Å². The third kappa shape index (κ3) is 9.44. The zero-order chi connectivity index (χ0) is 14.6. The lowest BCUT2D eigenvalue weighted by molar-refractivity contribution is -0.0330. The molecule has 0 aliphatic rings. The number of ether oxygens (including phenoxy) is 1. The van der Waals surface area contributed by atoms with Crippen LogP contribution >= 0.6 is 11.8 Å². The fourth-order valence-electron chi connectivity index (χ4n) is 1.04. The second-order valence-corrected chi connectivity index (χ2v) is 6.34. The summed E-state index contributed by atoms with van der Waals surface area (Å²) in [6.07, 6.45) is -0.691. The van der Waals surface area contributed by atoms with Crippen LogP contribution in [0.2, 0.25) is 0 Å². The van der Waals surface area contributed by atoms with Gasteiger partial charge in [-0.05, 0) is 38.5 Å². The van der Waals surface area contributed by atoms with Crippen LogP contribution in [0.5, 0.6) is 0 Å². The van der Waals surface area contributed by atoms with E-state index in [2.05, 4.69) is 5.32 Å². The Morgan fingerprint density at radius 2 is 1.78 bits per heavy atom. The van der Waals surface area contributed by atoms with Gasteiger partial charge in [-0.15, -0.1) is 0 Å². The summed E-state index contributed by atoms with van der Waals surface area (Å²) in [6, 6.07) is -0.577. The maximum Gasteiger partial charge on any atom is 0.441 e. The average Bonchev–Trinajstić information content (AvgIpc) is 2.06. The largest absolute Gasteiger partial charge is 0.444 e. The Kier molecular flexibility index (Phi) is 6.33. The summed E-state index contributed by atoms with van der Waals surface area (Å²) >= 11 is -0.140. The number of hydrogen-bond acceptors (Lipinski definition) is 3. The molecule has 0 aliphatic carbocycles. The standard InChI is InChI=1S/C11H20F3NO2S/c1-7(2)8(6-18-11(12,13)14)15-9(16)17-10(3,4)5/h7-8H,6H2,1-5H3,(H,15,16). The van der Waals surface area contributed by atoms with E-state index in [0.29, 0.717) is 0 Å². The first-order valence-electron chi connectivity index (χ1n) is 5.61. The Balaban J connectivity index is 4.33. The number of thioether (sulfide) groups is 1. The van der Waals surface area contributed by atoms with E-state index in [-0.39, 0.29) is 23.4 Å². The highest BCUT2D eigenvalue weighted by molar-refractivity contribution is 8.00. The molecule has 0 saturated carbocycles. The topological polar surface area (TPSA) is 38.3 Å². The highest BCUT2D eigenvalue weighted by Crippen LogP contribution is 2.31. The normalized spacial score (nSPS) is 14.5. The Morgan fingerprint density at radius 1 is 1.28 bits per heavy atom. The number of hydrogen-bond donors (Lipinski definition) is 1. The molecule has 1 atom stereocenters. The van der Waals surface area contributed by atoms with E-state index in [4.69, 9.17) is 4.74 Å². The van der Waals surface area contributed by atoms with Gasteiger partial charge >= 0.3 is 11.6 Å². The molecule has 0 aromatic heterocycles. The maximum absolute atomic E-state index is 12.1. The van der Waals surface area contributed by atoms with Crippen molar-refractivity contribution in [3.05, 3.63) is 0 Å². The summed E-state index contributed by atoms with van der Waals surface area (Å²) in [5.41, 5.74) is -4.95. The fourth-order valence-corrected chi connectivity index (χ4v) is 1.88. The lowest BCUT2D eigenvalue weighted by Gasteiger charge is -2.25. The van der Waals surface area contributed by atoms with E-state index >= 15 is 0 Å². The molecule has 1 unspecified atom stereocenters. The van der Waals surface area contributed by atoms with Crippen molar-refractivity contribution in [3.63, 3.8) is 0 Å². The molecule has 0 bridgehead atoms. The van der Waals surface area contributed by atoms with Crippen LogP contribution in [-0.4, -0.2) is 29.0 Å². The van der Waals surface area contributed by atoms with Crippen LogP contribution in [0.15, 0.2) is 0 Å². The molecule has 18 heavy (non-hydrogen) atoms. The summed E-state index contributed by atoms with van der Waals surface area (Å²) in [7, 11) is 0. The van der Waals surface area contributed by atoms with Crippen LogP contribution in [0.4, 0.5) is 18.0 Å². The summed E-state index contributed by atoms with van der Waals surface area (Å²) in [5.74, 6) is -0.326. The zero-order valence-corrected chi connectivity index (χ0v) is 12.0. The molecular formula is C11H20F3NO2S. The fraction of sp³-hybridized carbons (Fsp3) is 0.909. The summed E-state index contributed by atoms with van der Waals surface area (Å²) in [6.45, 7) is 8.59. The molecule has 0 aromatic carbocycles. The van der Waals surface area contributed by atoms with Crippen molar-refractivity contribution in [2.24, 2.45) is 5.92 Å². The zero-order valence-electron chi connectivity index (χ0n) is 11.2. The van der Waals surface area contributed by atoms with Crippen LogP contribution < -0.4 is 5.32 Å². The Morgan fingerprint density at radius 3 is 2.11 bits per heavy atom. The quantitative estimate of drug-likeness (QED) is 0.855. The van der Waals surface area contributed by atoms with E-state index in [9.17, 15) is 18.0 Å². The van der Waals surface area contributed by atoms with Gasteiger partial charge in [-0.3, -0.25) is 0 Å². The molecule has 1 amide bonds. The van der Waals surface area contributed by atoms with E-state index in [0.717, 1.165) is 0 Å². The molecular weight excluding hydrogens is 267 g/mol. The maximum atomic E-state index is 12.1. The Hall–Kier alpha value is -0.590. The van der Waals surface area contributed by atoms with E-state index in [1.165, 1.54) is 0 Å². The smallest absolute Gasteiger partial charge is 0.441 e. The van der Waals surface area contributed by atoms with Gasteiger partial charge in [0.1, 0.15) is 5.60 Å². The van der Waals surface area contributed by atoms with Crippen LogP contribution in [0.3, 0.4) is 0 Å². The number of amides is 1. The third-order valence-electron chi connectivity index (χ3n) is 1.93. The Labute approximate surface area is 110 Å². The van der Waals surface area contributed by atoms with Crippen molar-refractivity contribution in [1.29, 1.82) is 0 Å². The molecule has 0 fully saturated rings. The molecule has 3 nitrogen and oxygen atoms in total. The van der Waals surface area contributed by atoms with Crippen LogP contribution in [-0.2, 0) is 4.74 Å². The predicted molar refractivity (Wildman–Crippen MR) is 66.5 cm³/mol. The van der Waals surface area contributed by atoms with Crippen molar-refractivity contribution in [1.82, 2.24) is 5.32 Å².